The van der Waals surface area contributed by atoms with E-state index in [1.807, 2.05) is 49.4 Å². The summed E-state index contributed by atoms with van der Waals surface area (Å²) < 4.78 is 0. The zero-order chi connectivity index (χ0) is 20.1. The number of hydrogen-bond acceptors (Lipinski definition) is 3. The molecule has 0 atom stereocenters. The molecule has 0 saturated carbocycles. The van der Waals surface area contributed by atoms with Gasteiger partial charge in [0.2, 0.25) is 5.91 Å². The van der Waals surface area contributed by atoms with Crippen molar-refractivity contribution in [2.45, 2.75) is 33.1 Å². The Labute approximate surface area is 164 Å². The number of hydrogen-bond donors (Lipinski definition) is 3. The Morgan fingerprint density at radius 3 is 2.61 bits per heavy atom. The summed E-state index contributed by atoms with van der Waals surface area (Å²) in [6, 6.07) is 13.8. The fourth-order valence-corrected chi connectivity index (χ4v) is 3.10. The van der Waals surface area contributed by atoms with Crippen molar-refractivity contribution in [2.24, 2.45) is 5.73 Å². The number of nitrogens with two attached hydrogens (primary N) is 1. The molecule has 0 aliphatic heterocycles. The third kappa shape index (κ3) is 4.85. The summed E-state index contributed by atoms with van der Waals surface area (Å²) in [5, 5.41) is 9.47. The van der Waals surface area contributed by atoms with Gasteiger partial charge in [0, 0.05) is 11.3 Å². The van der Waals surface area contributed by atoms with Gasteiger partial charge in [-0.05, 0) is 61.1 Å². The number of H-pyrrole nitrogens is 1. The van der Waals surface area contributed by atoms with Gasteiger partial charge in [-0.1, -0.05) is 30.3 Å². The number of aryl methyl sites for hydroxylation is 4. The predicted molar refractivity (Wildman–Crippen MR) is 109 cm³/mol. The van der Waals surface area contributed by atoms with E-state index in [1.165, 1.54) is 11.1 Å². The highest BCUT2D eigenvalue weighted by Crippen LogP contribution is 2.16. The zero-order valence-corrected chi connectivity index (χ0v) is 16.1. The van der Waals surface area contributed by atoms with E-state index in [2.05, 4.69) is 22.4 Å². The Hall–Kier alpha value is -3.41. The number of benzene rings is 2. The van der Waals surface area contributed by atoms with E-state index in [9.17, 15) is 9.59 Å². The zero-order valence-electron chi connectivity index (χ0n) is 16.1. The topological polar surface area (TPSA) is 101 Å². The molecule has 3 aromatic rings. The molecular formula is C22H24N4O2. The first-order chi connectivity index (χ1) is 13.4. The third-order valence-electron chi connectivity index (χ3n) is 4.79. The van der Waals surface area contributed by atoms with Crippen LogP contribution in [0.5, 0.6) is 0 Å². The standard InChI is InChI=1S/C22H24N4O2/c1-14-6-7-17(10-15(14)2)12-20(27)25-19-5-3-4-16(11-19)8-9-18-13-24-26-21(18)22(23)28/h3-7,10-11,13H,8-9,12H2,1-2H3,(H2,23,28)(H,24,26)(H,25,27). The molecule has 2 amide bonds. The highest BCUT2D eigenvalue weighted by Gasteiger charge is 2.11. The fourth-order valence-electron chi connectivity index (χ4n) is 3.10. The number of carbonyl (C=O) groups is 2. The maximum absolute atomic E-state index is 12.4. The monoisotopic (exact) mass is 376 g/mol. The van der Waals surface area contributed by atoms with Crippen LogP contribution >= 0.6 is 0 Å². The summed E-state index contributed by atoms with van der Waals surface area (Å²) in [4.78, 5) is 23.7. The van der Waals surface area contributed by atoms with Gasteiger partial charge in [-0.25, -0.2) is 0 Å². The normalized spacial score (nSPS) is 10.6. The van der Waals surface area contributed by atoms with Crippen molar-refractivity contribution in [3.05, 3.63) is 82.2 Å². The number of anilines is 1. The summed E-state index contributed by atoms with van der Waals surface area (Å²) in [7, 11) is 0. The van der Waals surface area contributed by atoms with Gasteiger partial charge < -0.3 is 11.1 Å². The van der Waals surface area contributed by atoms with Crippen molar-refractivity contribution >= 4 is 17.5 Å². The maximum atomic E-state index is 12.4. The first kappa shape index (κ1) is 19.4. The second-order valence-electron chi connectivity index (χ2n) is 6.98. The molecule has 0 spiro atoms. The van der Waals surface area contributed by atoms with Crippen LogP contribution < -0.4 is 11.1 Å². The van der Waals surface area contributed by atoms with E-state index in [0.717, 1.165) is 22.4 Å². The van der Waals surface area contributed by atoms with Crippen LogP contribution in [0.3, 0.4) is 0 Å². The minimum absolute atomic E-state index is 0.0498. The lowest BCUT2D eigenvalue weighted by molar-refractivity contribution is -0.115. The van der Waals surface area contributed by atoms with Gasteiger partial charge in [-0.15, -0.1) is 0 Å². The van der Waals surface area contributed by atoms with Gasteiger partial charge in [0.25, 0.3) is 5.91 Å². The van der Waals surface area contributed by atoms with Gasteiger partial charge in [0.15, 0.2) is 0 Å². The Morgan fingerprint density at radius 1 is 1.04 bits per heavy atom. The molecule has 2 aromatic carbocycles. The molecule has 6 nitrogen and oxygen atoms in total. The lowest BCUT2D eigenvalue weighted by atomic mass is 10.0. The molecule has 0 saturated heterocycles. The Kier molecular flexibility index (Phi) is 5.89. The molecule has 6 heteroatoms. The number of rotatable bonds is 7. The SMILES string of the molecule is Cc1ccc(CC(=O)Nc2cccc(CCc3cn[nH]c3C(N)=O)c2)cc1C. The molecule has 1 heterocycles. The molecule has 144 valence electrons. The number of aromatic nitrogens is 2. The molecule has 3 rings (SSSR count). The number of aromatic amines is 1. The summed E-state index contributed by atoms with van der Waals surface area (Å²) >= 11 is 0. The summed E-state index contributed by atoms with van der Waals surface area (Å²) in [6.45, 7) is 4.10. The smallest absolute Gasteiger partial charge is 0.266 e. The first-order valence-corrected chi connectivity index (χ1v) is 9.19. The van der Waals surface area contributed by atoms with E-state index in [1.54, 1.807) is 6.20 Å². The third-order valence-corrected chi connectivity index (χ3v) is 4.79. The average Bonchev–Trinajstić information content (AvgIpc) is 3.12. The summed E-state index contributed by atoms with van der Waals surface area (Å²) in [5.74, 6) is -0.564. The van der Waals surface area contributed by atoms with Crippen LogP contribution in [0.25, 0.3) is 0 Å². The molecule has 28 heavy (non-hydrogen) atoms. The molecule has 0 aliphatic rings. The van der Waals surface area contributed by atoms with Crippen LogP contribution in [-0.2, 0) is 24.1 Å². The highest BCUT2D eigenvalue weighted by atomic mass is 16.2. The first-order valence-electron chi connectivity index (χ1n) is 9.19. The summed E-state index contributed by atoms with van der Waals surface area (Å²) in [5.41, 5.74) is 11.7. The number of nitrogens with zero attached hydrogens (tertiary/aromatic N) is 1. The quantitative estimate of drug-likeness (QED) is 0.590. The van der Waals surface area contributed by atoms with Crippen molar-refractivity contribution in [1.82, 2.24) is 10.2 Å². The Balaban J connectivity index is 1.61. The van der Waals surface area contributed by atoms with E-state index in [4.69, 9.17) is 5.73 Å². The fraction of sp³-hybridized carbons (Fsp3) is 0.227. The van der Waals surface area contributed by atoms with Crippen molar-refractivity contribution in [3.8, 4) is 0 Å². The number of nitrogens with one attached hydrogen (secondary N) is 2. The van der Waals surface area contributed by atoms with Crippen LogP contribution in [0.4, 0.5) is 5.69 Å². The van der Waals surface area contributed by atoms with Gasteiger partial charge in [0.1, 0.15) is 5.69 Å². The van der Waals surface area contributed by atoms with Gasteiger partial charge in [-0.3, -0.25) is 14.7 Å². The van der Waals surface area contributed by atoms with Gasteiger partial charge in [0.05, 0.1) is 12.6 Å². The van der Waals surface area contributed by atoms with Gasteiger partial charge in [-0.2, -0.15) is 5.10 Å². The van der Waals surface area contributed by atoms with Crippen LogP contribution in [0.2, 0.25) is 0 Å². The van der Waals surface area contributed by atoms with Gasteiger partial charge >= 0.3 is 0 Å². The lowest BCUT2D eigenvalue weighted by Crippen LogP contribution is -2.15. The minimum Gasteiger partial charge on any atom is -0.364 e. The molecule has 0 fully saturated rings. The molecule has 0 aliphatic carbocycles. The number of carbonyl (C=O) groups excluding carboxylic acids is 2. The van der Waals surface area contributed by atoms with E-state index >= 15 is 0 Å². The van der Waals surface area contributed by atoms with Crippen molar-refractivity contribution in [1.29, 1.82) is 0 Å². The summed E-state index contributed by atoms with van der Waals surface area (Å²) in [6.07, 6.45) is 3.30. The van der Waals surface area contributed by atoms with Crippen molar-refractivity contribution in [3.63, 3.8) is 0 Å². The van der Waals surface area contributed by atoms with Crippen LogP contribution in [0, 0.1) is 13.8 Å². The largest absolute Gasteiger partial charge is 0.364 e. The molecular weight excluding hydrogens is 352 g/mol. The molecule has 0 bridgehead atoms. The Morgan fingerprint density at radius 2 is 1.86 bits per heavy atom. The minimum atomic E-state index is -0.514. The number of amides is 2. The second kappa shape index (κ2) is 8.52. The maximum Gasteiger partial charge on any atom is 0.266 e. The van der Waals surface area contributed by atoms with Crippen molar-refractivity contribution < 1.29 is 9.59 Å². The van der Waals surface area contributed by atoms with Crippen molar-refractivity contribution in [2.75, 3.05) is 5.32 Å². The Bertz CT molecular complexity index is 1010. The van der Waals surface area contributed by atoms with Crippen LogP contribution in [-0.4, -0.2) is 22.0 Å². The van der Waals surface area contributed by atoms with Crippen LogP contribution in [0.15, 0.2) is 48.7 Å². The van der Waals surface area contributed by atoms with E-state index in [0.29, 0.717) is 25.0 Å². The second-order valence-corrected chi connectivity index (χ2v) is 6.98. The van der Waals surface area contributed by atoms with E-state index < -0.39 is 5.91 Å². The lowest BCUT2D eigenvalue weighted by Gasteiger charge is -2.09. The van der Waals surface area contributed by atoms with E-state index in [-0.39, 0.29) is 5.91 Å². The molecule has 1 aromatic heterocycles. The van der Waals surface area contributed by atoms with Crippen LogP contribution in [0.1, 0.15) is 38.3 Å². The number of primary amides is 1. The predicted octanol–water partition coefficient (Wildman–Crippen LogP) is 3.09. The average molecular weight is 376 g/mol. The molecule has 4 N–H and O–H groups in total. The molecule has 0 unspecified atom stereocenters. The molecule has 0 radical (unpaired) electrons. The highest BCUT2D eigenvalue weighted by molar-refractivity contribution is 5.92.